The molecular formula is C18H22O. The summed E-state index contributed by atoms with van der Waals surface area (Å²) in [6.07, 6.45) is 0.990. The maximum atomic E-state index is 5.39. The minimum atomic E-state index is 0.507. The monoisotopic (exact) mass is 254 g/mol. The van der Waals surface area contributed by atoms with Crippen LogP contribution in [0, 0.1) is 6.92 Å². The predicted octanol–water partition coefficient (Wildman–Crippen LogP) is 4.72. The maximum Gasteiger partial charge on any atom is 0.119 e. The van der Waals surface area contributed by atoms with Gasteiger partial charge >= 0.3 is 0 Å². The highest BCUT2D eigenvalue weighted by Crippen LogP contribution is 2.29. The van der Waals surface area contributed by atoms with Gasteiger partial charge in [0.25, 0.3) is 0 Å². The van der Waals surface area contributed by atoms with Crippen molar-refractivity contribution in [1.29, 1.82) is 0 Å². The molecule has 0 atom stereocenters. The van der Waals surface area contributed by atoms with E-state index in [9.17, 15) is 0 Å². The molecule has 2 aromatic carbocycles. The highest BCUT2D eigenvalue weighted by molar-refractivity contribution is 5.45. The number of benzene rings is 2. The smallest absolute Gasteiger partial charge is 0.119 e. The van der Waals surface area contributed by atoms with Crippen LogP contribution in [0.5, 0.6) is 5.75 Å². The van der Waals surface area contributed by atoms with E-state index < -0.39 is 0 Å². The molecule has 0 N–H and O–H groups in total. The lowest BCUT2D eigenvalue weighted by Gasteiger charge is -2.17. The van der Waals surface area contributed by atoms with Crippen molar-refractivity contribution in [3.8, 4) is 5.75 Å². The highest BCUT2D eigenvalue weighted by Gasteiger charge is 2.12. The van der Waals surface area contributed by atoms with Crippen LogP contribution >= 0.6 is 0 Å². The van der Waals surface area contributed by atoms with E-state index in [1.165, 1.54) is 22.3 Å². The molecule has 1 nitrogen and oxygen atoms in total. The molecule has 0 aliphatic carbocycles. The van der Waals surface area contributed by atoms with Gasteiger partial charge in [0.1, 0.15) is 5.75 Å². The quantitative estimate of drug-likeness (QED) is 0.767. The van der Waals surface area contributed by atoms with Gasteiger partial charge in [0, 0.05) is 0 Å². The second-order valence-corrected chi connectivity index (χ2v) is 5.33. The molecule has 2 aromatic rings. The van der Waals surface area contributed by atoms with Crippen LogP contribution in [0.1, 0.15) is 42.0 Å². The van der Waals surface area contributed by atoms with Gasteiger partial charge < -0.3 is 4.74 Å². The Hall–Kier alpha value is -1.76. The van der Waals surface area contributed by atoms with E-state index in [-0.39, 0.29) is 0 Å². The first-order chi connectivity index (χ1) is 9.11. The summed E-state index contributed by atoms with van der Waals surface area (Å²) in [5, 5.41) is 0. The normalized spacial score (nSPS) is 10.8. The molecule has 0 heterocycles. The molecule has 0 bridgehead atoms. The fourth-order valence-corrected chi connectivity index (χ4v) is 2.48. The zero-order valence-electron chi connectivity index (χ0n) is 12.2. The van der Waals surface area contributed by atoms with Crippen LogP contribution in [0.2, 0.25) is 0 Å². The molecule has 19 heavy (non-hydrogen) atoms. The number of hydrogen-bond acceptors (Lipinski definition) is 1. The minimum Gasteiger partial charge on any atom is -0.497 e. The molecular weight excluding hydrogens is 232 g/mol. The van der Waals surface area contributed by atoms with Gasteiger partial charge in [0.2, 0.25) is 0 Å². The van der Waals surface area contributed by atoms with Crippen LogP contribution in [-0.4, -0.2) is 7.11 Å². The lowest BCUT2D eigenvalue weighted by atomic mass is 9.89. The first-order valence-electron chi connectivity index (χ1n) is 6.83. The topological polar surface area (TPSA) is 9.23 Å². The lowest BCUT2D eigenvalue weighted by molar-refractivity contribution is 0.413. The standard InChI is InChI=1S/C18H22O/c1-13(2)17-12-16(19-4)10-14(3)18(17)11-15-8-6-5-7-9-15/h5-10,12-13H,11H2,1-4H3. The van der Waals surface area contributed by atoms with E-state index in [0.29, 0.717) is 5.92 Å². The second kappa shape index (κ2) is 5.92. The highest BCUT2D eigenvalue weighted by atomic mass is 16.5. The molecule has 0 fully saturated rings. The van der Waals surface area contributed by atoms with Gasteiger partial charge in [-0.3, -0.25) is 0 Å². The van der Waals surface area contributed by atoms with E-state index in [1.807, 2.05) is 0 Å². The van der Waals surface area contributed by atoms with Crippen molar-refractivity contribution in [3.05, 3.63) is 64.7 Å². The second-order valence-electron chi connectivity index (χ2n) is 5.33. The van der Waals surface area contributed by atoms with Crippen LogP contribution in [0.4, 0.5) is 0 Å². The molecule has 0 spiro atoms. The minimum absolute atomic E-state index is 0.507. The van der Waals surface area contributed by atoms with E-state index in [2.05, 4.69) is 63.2 Å². The molecule has 0 radical (unpaired) electrons. The predicted molar refractivity (Wildman–Crippen MR) is 81.1 cm³/mol. The Labute approximate surface area is 116 Å². The Bertz CT molecular complexity index is 541. The lowest BCUT2D eigenvalue weighted by Crippen LogP contribution is -2.02. The third-order valence-electron chi connectivity index (χ3n) is 3.56. The summed E-state index contributed by atoms with van der Waals surface area (Å²) in [5.41, 5.74) is 5.49. The van der Waals surface area contributed by atoms with Crippen molar-refractivity contribution < 1.29 is 4.74 Å². The van der Waals surface area contributed by atoms with E-state index in [0.717, 1.165) is 12.2 Å². The number of methoxy groups -OCH3 is 1. The molecule has 0 amide bonds. The summed E-state index contributed by atoms with van der Waals surface area (Å²) in [5.74, 6) is 1.46. The zero-order valence-corrected chi connectivity index (χ0v) is 12.2. The van der Waals surface area contributed by atoms with Gasteiger partial charge in [0.05, 0.1) is 7.11 Å². The van der Waals surface area contributed by atoms with Crippen molar-refractivity contribution in [3.63, 3.8) is 0 Å². The summed E-state index contributed by atoms with van der Waals surface area (Å²) < 4.78 is 5.39. The molecule has 0 unspecified atom stereocenters. The van der Waals surface area contributed by atoms with Crippen LogP contribution in [-0.2, 0) is 6.42 Å². The number of rotatable bonds is 4. The molecule has 0 aromatic heterocycles. The van der Waals surface area contributed by atoms with Gasteiger partial charge in [-0.15, -0.1) is 0 Å². The molecule has 0 aliphatic heterocycles. The van der Waals surface area contributed by atoms with Crippen LogP contribution in [0.15, 0.2) is 42.5 Å². The number of hydrogen-bond donors (Lipinski definition) is 0. The molecule has 0 saturated carbocycles. The molecule has 0 aliphatic rings. The third kappa shape index (κ3) is 3.17. The SMILES string of the molecule is COc1cc(C)c(Cc2ccccc2)c(C(C)C)c1. The van der Waals surface area contributed by atoms with E-state index >= 15 is 0 Å². The van der Waals surface area contributed by atoms with Crippen molar-refractivity contribution >= 4 is 0 Å². The average Bonchev–Trinajstić information content (AvgIpc) is 2.41. The summed E-state index contributed by atoms with van der Waals surface area (Å²) in [6, 6.07) is 14.9. The van der Waals surface area contributed by atoms with Crippen molar-refractivity contribution in [2.45, 2.75) is 33.1 Å². The Kier molecular flexibility index (Phi) is 4.26. The summed E-state index contributed by atoms with van der Waals surface area (Å²) in [4.78, 5) is 0. The van der Waals surface area contributed by atoms with Crippen LogP contribution < -0.4 is 4.74 Å². The summed E-state index contributed by atoms with van der Waals surface area (Å²) in [6.45, 7) is 6.65. The fourth-order valence-electron chi connectivity index (χ4n) is 2.48. The zero-order chi connectivity index (χ0) is 13.8. The molecule has 2 rings (SSSR count). The van der Waals surface area contributed by atoms with Gasteiger partial charge in [-0.1, -0.05) is 44.2 Å². The van der Waals surface area contributed by atoms with Crippen LogP contribution in [0.25, 0.3) is 0 Å². The third-order valence-corrected chi connectivity index (χ3v) is 3.56. The van der Waals surface area contributed by atoms with Crippen molar-refractivity contribution in [2.24, 2.45) is 0 Å². The van der Waals surface area contributed by atoms with Gasteiger partial charge in [-0.05, 0) is 53.6 Å². The first kappa shape index (κ1) is 13.7. The first-order valence-corrected chi connectivity index (χ1v) is 6.83. The van der Waals surface area contributed by atoms with Crippen molar-refractivity contribution in [2.75, 3.05) is 7.11 Å². The molecule has 0 saturated heterocycles. The number of aryl methyl sites for hydroxylation is 1. The average molecular weight is 254 g/mol. The fraction of sp³-hybridized carbons (Fsp3) is 0.333. The van der Waals surface area contributed by atoms with E-state index in [4.69, 9.17) is 4.74 Å². The van der Waals surface area contributed by atoms with Gasteiger partial charge in [-0.2, -0.15) is 0 Å². The van der Waals surface area contributed by atoms with E-state index in [1.54, 1.807) is 7.11 Å². The summed E-state index contributed by atoms with van der Waals surface area (Å²) >= 11 is 0. The van der Waals surface area contributed by atoms with Gasteiger partial charge in [-0.25, -0.2) is 0 Å². The Balaban J connectivity index is 2.44. The molecule has 1 heteroatoms. The Morgan fingerprint density at radius 1 is 1.05 bits per heavy atom. The number of ether oxygens (including phenoxy) is 1. The van der Waals surface area contributed by atoms with Gasteiger partial charge in [0.15, 0.2) is 0 Å². The molecule has 100 valence electrons. The van der Waals surface area contributed by atoms with Crippen LogP contribution in [0.3, 0.4) is 0 Å². The Morgan fingerprint density at radius 2 is 1.74 bits per heavy atom. The maximum absolute atomic E-state index is 5.39. The Morgan fingerprint density at radius 3 is 2.32 bits per heavy atom. The van der Waals surface area contributed by atoms with Crippen molar-refractivity contribution in [1.82, 2.24) is 0 Å². The largest absolute Gasteiger partial charge is 0.497 e. The summed E-state index contributed by atoms with van der Waals surface area (Å²) in [7, 11) is 1.73.